The lowest BCUT2D eigenvalue weighted by Gasteiger charge is -2.20. The first-order chi connectivity index (χ1) is 12.8. The Labute approximate surface area is 153 Å². The van der Waals surface area contributed by atoms with Gasteiger partial charge >= 0.3 is 0 Å². The van der Waals surface area contributed by atoms with Gasteiger partial charge in [-0.15, -0.1) is 0 Å². The van der Waals surface area contributed by atoms with Crippen LogP contribution in [0.4, 0.5) is 11.4 Å². The number of rotatable bonds is 4. The molecule has 4 aromatic rings. The molecular weight excluding hydrogens is 318 g/mol. The second-order valence-corrected chi connectivity index (χ2v) is 6.10. The largest absolute Gasteiger partial charge is 0.345 e. The van der Waals surface area contributed by atoms with Crippen LogP contribution < -0.4 is 4.90 Å². The number of hydrogen-bond acceptors (Lipinski definition) is 3. The van der Waals surface area contributed by atoms with Gasteiger partial charge in [-0.25, -0.2) is 0 Å². The van der Waals surface area contributed by atoms with Gasteiger partial charge < -0.3 is 4.90 Å². The van der Waals surface area contributed by atoms with Crippen molar-refractivity contribution in [2.75, 3.05) is 11.9 Å². The number of aromatic nitrogens is 2. The minimum atomic E-state index is 0.989. The Morgan fingerprint density at radius 3 is 1.73 bits per heavy atom. The molecule has 0 aliphatic carbocycles. The van der Waals surface area contributed by atoms with E-state index in [2.05, 4.69) is 70.4 Å². The van der Waals surface area contributed by atoms with Gasteiger partial charge in [0.15, 0.2) is 0 Å². The van der Waals surface area contributed by atoms with Crippen molar-refractivity contribution in [2.45, 2.75) is 0 Å². The van der Waals surface area contributed by atoms with E-state index in [1.54, 1.807) is 0 Å². The molecule has 3 nitrogen and oxygen atoms in total. The van der Waals surface area contributed by atoms with Crippen molar-refractivity contribution in [2.24, 2.45) is 0 Å². The third-order valence-corrected chi connectivity index (χ3v) is 4.48. The standard InChI is InChI=1S/C23H19N3/c1-26(21-9-5-18(6-10-21)19-13-16-24-17-14-19)22-11-7-20(8-12-22)23-4-2-3-15-25-23/h2-17H,1H3. The van der Waals surface area contributed by atoms with Crippen molar-refractivity contribution < 1.29 is 0 Å². The maximum Gasteiger partial charge on any atom is 0.0701 e. The van der Waals surface area contributed by atoms with Crippen LogP contribution in [0.3, 0.4) is 0 Å². The zero-order valence-electron chi connectivity index (χ0n) is 14.6. The molecule has 4 rings (SSSR count). The fourth-order valence-corrected chi connectivity index (χ4v) is 2.96. The van der Waals surface area contributed by atoms with Gasteiger partial charge in [-0.1, -0.05) is 30.3 Å². The molecule has 3 heteroatoms. The number of pyridine rings is 2. The topological polar surface area (TPSA) is 29.0 Å². The Morgan fingerprint density at radius 1 is 0.577 bits per heavy atom. The van der Waals surface area contributed by atoms with Gasteiger partial charge in [-0.3, -0.25) is 9.97 Å². The van der Waals surface area contributed by atoms with Crippen LogP contribution in [-0.2, 0) is 0 Å². The summed E-state index contributed by atoms with van der Waals surface area (Å²) in [5.74, 6) is 0. The zero-order valence-corrected chi connectivity index (χ0v) is 14.6. The smallest absolute Gasteiger partial charge is 0.0701 e. The van der Waals surface area contributed by atoms with Gasteiger partial charge in [0, 0.05) is 42.6 Å². The Hall–Kier alpha value is -3.46. The quantitative estimate of drug-likeness (QED) is 0.487. The first kappa shape index (κ1) is 16.0. The maximum absolute atomic E-state index is 4.40. The highest BCUT2D eigenvalue weighted by molar-refractivity contribution is 5.71. The molecule has 0 amide bonds. The first-order valence-corrected chi connectivity index (χ1v) is 8.57. The van der Waals surface area contributed by atoms with Gasteiger partial charge in [0.1, 0.15) is 0 Å². The number of anilines is 2. The molecule has 26 heavy (non-hydrogen) atoms. The number of hydrogen-bond donors (Lipinski definition) is 0. The van der Waals surface area contributed by atoms with Crippen LogP contribution in [0.5, 0.6) is 0 Å². The molecule has 0 bridgehead atoms. The van der Waals surface area contributed by atoms with Crippen LogP contribution in [0.1, 0.15) is 0 Å². The lowest BCUT2D eigenvalue weighted by Crippen LogP contribution is -2.09. The van der Waals surface area contributed by atoms with Gasteiger partial charge in [-0.05, 0) is 59.7 Å². The molecule has 0 unspecified atom stereocenters. The average Bonchev–Trinajstić information content (AvgIpc) is 2.75. The molecule has 2 heterocycles. The molecule has 0 radical (unpaired) electrons. The monoisotopic (exact) mass is 337 g/mol. The third kappa shape index (κ3) is 3.33. The summed E-state index contributed by atoms with van der Waals surface area (Å²) in [5.41, 5.74) is 6.76. The zero-order chi connectivity index (χ0) is 17.8. The second-order valence-electron chi connectivity index (χ2n) is 6.10. The summed E-state index contributed by atoms with van der Waals surface area (Å²) in [7, 11) is 2.08. The van der Waals surface area contributed by atoms with Crippen LogP contribution in [-0.4, -0.2) is 17.0 Å². The highest BCUT2D eigenvalue weighted by Gasteiger charge is 2.06. The van der Waals surface area contributed by atoms with Crippen molar-refractivity contribution in [3.63, 3.8) is 0 Å². The highest BCUT2D eigenvalue weighted by Crippen LogP contribution is 2.28. The lowest BCUT2D eigenvalue weighted by molar-refractivity contribution is 1.21. The predicted molar refractivity (Wildman–Crippen MR) is 107 cm³/mol. The highest BCUT2D eigenvalue weighted by atomic mass is 15.1. The van der Waals surface area contributed by atoms with Crippen LogP contribution in [0.25, 0.3) is 22.4 Å². The maximum atomic E-state index is 4.40. The van der Waals surface area contributed by atoms with E-state index in [0.29, 0.717) is 0 Å². The Bertz CT molecular complexity index is 880. The van der Waals surface area contributed by atoms with Crippen LogP contribution in [0, 0.1) is 0 Å². The van der Waals surface area contributed by atoms with Crippen molar-refractivity contribution in [3.05, 3.63) is 97.5 Å². The molecule has 0 fully saturated rings. The van der Waals surface area contributed by atoms with Gasteiger partial charge in [0.05, 0.1) is 5.69 Å². The van der Waals surface area contributed by atoms with Crippen molar-refractivity contribution in [1.82, 2.24) is 9.97 Å². The number of nitrogens with zero attached hydrogens (tertiary/aromatic N) is 3. The SMILES string of the molecule is CN(c1ccc(-c2ccncc2)cc1)c1ccc(-c2ccccn2)cc1. The molecule has 2 aromatic heterocycles. The lowest BCUT2D eigenvalue weighted by atomic mass is 10.1. The molecular formula is C23H19N3. The normalized spacial score (nSPS) is 10.5. The predicted octanol–water partition coefficient (Wildman–Crippen LogP) is 5.58. The molecule has 0 saturated heterocycles. The van der Waals surface area contributed by atoms with E-state index in [4.69, 9.17) is 0 Å². The average molecular weight is 337 g/mol. The summed E-state index contributed by atoms with van der Waals surface area (Å²) in [5, 5.41) is 0. The summed E-state index contributed by atoms with van der Waals surface area (Å²) in [4.78, 5) is 10.7. The molecule has 0 saturated carbocycles. The second kappa shape index (κ2) is 7.19. The van der Waals surface area contributed by atoms with E-state index < -0.39 is 0 Å². The van der Waals surface area contributed by atoms with Crippen molar-refractivity contribution in [3.8, 4) is 22.4 Å². The minimum Gasteiger partial charge on any atom is -0.345 e. The molecule has 0 aliphatic heterocycles. The van der Waals surface area contributed by atoms with E-state index in [-0.39, 0.29) is 0 Å². The third-order valence-electron chi connectivity index (χ3n) is 4.48. The molecule has 0 aliphatic rings. The van der Waals surface area contributed by atoms with E-state index in [1.807, 2.05) is 48.9 Å². The summed E-state index contributed by atoms with van der Waals surface area (Å²) in [6, 6.07) is 27.0. The van der Waals surface area contributed by atoms with E-state index in [0.717, 1.165) is 22.6 Å². The molecule has 0 N–H and O–H groups in total. The Balaban J connectivity index is 1.55. The van der Waals surface area contributed by atoms with Crippen LogP contribution in [0.2, 0.25) is 0 Å². The molecule has 2 aromatic carbocycles. The van der Waals surface area contributed by atoms with E-state index in [1.165, 1.54) is 11.1 Å². The summed E-state index contributed by atoms with van der Waals surface area (Å²) >= 11 is 0. The Kier molecular flexibility index (Phi) is 4.44. The first-order valence-electron chi connectivity index (χ1n) is 8.57. The van der Waals surface area contributed by atoms with Crippen molar-refractivity contribution >= 4 is 11.4 Å². The Morgan fingerprint density at radius 2 is 1.15 bits per heavy atom. The van der Waals surface area contributed by atoms with Gasteiger partial charge in [-0.2, -0.15) is 0 Å². The molecule has 0 atom stereocenters. The summed E-state index contributed by atoms with van der Waals surface area (Å²) in [6.07, 6.45) is 5.46. The fourth-order valence-electron chi connectivity index (χ4n) is 2.96. The summed E-state index contributed by atoms with van der Waals surface area (Å²) in [6.45, 7) is 0. The molecule has 0 spiro atoms. The van der Waals surface area contributed by atoms with Crippen LogP contribution >= 0.6 is 0 Å². The molecule has 126 valence electrons. The van der Waals surface area contributed by atoms with E-state index in [9.17, 15) is 0 Å². The van der Waals surface area contributed by atoms with Crippen LogP contribution in [0.15, 0.2) is 97.5 Å². The fraction of sp³-hybridized carbons (Fsp3) is 0.0435. The van der Waals surface area contributed by atoms with Crippen molar-refractivity contribution in [1.29, 1.82) is 0 Å². The van der Waals surface area contributed by atoms with Gasteiger partial charge in [0.25, 0.3) is 0 Å². The minimum absolute atomic E-state index is 0.989. The van der Waals surface area contributed by atoms with Gasteiger partial charge in [0.2, 0.25) is 0 Å². The van der Waals surface area contributed by atoms with E-state index >= 15 is 0 Å². The number of benzene rings is 2. The summed E-state index contributed by atoms with van der Waals surface area (Å²) < 4.78 is 0.